The van der Waals surface area contributed by atoms with Crippen molar-refractivity contribution in [3.63, 3.8) is 0 Å². The molecule has 0 spiro atoms. The van der Waals surface area contributed by atoms with Crippen molar-refractivity contribution < 1.29 is 20.4 Å². The molecule has 0 unspecified atom stereocenters. The van der Waals surface area contributed by atoms with Gasteiger partial charge in [0.15, 0.2) is 0 Å². The SMILES string of the molecule is CC1=C[C@H](O)CC(C)(C)[C@H]1/C=C/C(C)=C/C=C/C(C)=C/C=C/C=C(C)/C=C/C=C(C)/C=C/C1=C(C)C[C@@H](O)CC1(C)C.CC1=C[C@H](O)CC(C)(C)[C@H]1/C=C/C(C)=C/C=C/C(C)=C/C=C/C=C(C)/C=C/C=C(C)/C=C/C1=C(C)C[C@@H](O)CC1(C)C. The summed E-state index contributed by atoms with van der Waals surface area (Å²) in [4.78, 5) is 0. The molecule has 4 heteroatoms. The first kappa shape index (κ1) is 72.4. The minimum atomic E-state index is -0.331. The second-order valence-corrected chi connectivity index (χ2v) is 27.5. The van der Waals surface area contributed by atoms with Crippen LogP contribution in [0.1, 0.15) is 177 Å². The highest BCUT2D eigenvalue weighted by molar-refractivity contribution is 5.41. The molecule has 0 saturated carbocycles. The molecular weight excluding hydrogens is 1020 g/mol. The first-order valence-corrected chi connectivity index (χ1v) is 30.9. The fourth-order valence-electron chi connectivity index (χ4n) is 12.3. The van der Waals surface area contributed by atoms with Crippen LogP contribution in [0.4, 0.5) is 0 Å². The van der Waals surface area contributed by atoms with E-state index >= 15 is 0 Å². The molecule has 456 valence electrons. The van der Waals surface area contributed by atoms with Crippen LogP contribution in [0.25, 0.3) is 0 Å². The third-order valence-corrected chi connectivity index (χ3v) is 16.7. The first-order valence-electron chi connectivity index (χ1n) is 30.9. The highest BCUT2D eigenvalue weighted by Crippen LogP contribution is 2.45. The van der Waals surface area contributed by atoms with Crippen LogP contribution in [0.15, 0.2) is 260 Å². The Labute approximate surface area is 513 Å². The molecule has 0 heterocycles. The zero-order chi connectivity index (χ0) is 63.0. The molecule has 0 aromatic heterocycles. The molecular formula is C80H112O4. The maximum atomic E-state index is 10.1. The van der Waals surface area contributed by atoms with Gasteiger partial charge in [-0.2, -0.15) is 0 Å². The van der Waals surface area contributed by atoms with Gasteiger partial charge in [0.2, 0.25) is 0 Å². The highest BCUT2D eigenvalue weighted by Gasteiger charge is 2.36. The molecule has 4 aliphatic carbocycles. The number of hydrogen-bond donors (Lipinski definition) is 4. The number of rotatable bonds is 20. The monoisotopic (exact) mass is 1140 g/mol. The largest absolute Gasteiger partial charge is 0.393 e. The van der Waals surface area contributed by atoms with Crippen molar-refractivity contribution in [2.24, 2.45) is 33.5 Å². The average Bonchev–Trinajstić information content (AvgIpc) is 2.46. The lowest BCUT2D eigenvalue weighted by atomic mass is 9.67. The van der Waals surface area contributed by atoms with Crippen molar-refractivity contribution >= 4 is 0 Å². The lowest BCUT2D eigenvalue weighted by Gasteiger charge is -2.38. The van der Waals surface area contributed by atoms with Crippen molar-refractivity contribution in [3.05, 3.63) is 260 Å². The third kappa shape index (κ3) is 26.2. The third-order valence-electron chi connectivity index (χ3n) is 16.7. The maximum Gasteiger partial charge on any atom is 0.0729 e. The summed E-state index contributed by atoms with van der Waals surface area (Å²) in [5.41, 5.74) is 17.5. The van der Waals surface area contributed by atoms with Crippen molar-refractivity contribution in [1.82, 2.24) is 0 Å². The second kappa shape index (κ2) is 34.3. The minimum absolute atomic E-state index is 0.00528. The van der Waals surface area contributed by atoms with Gasteiger partial charge < -0.3 is 20.4 Å². The summed E-state index contributed by atoms with van der Waals surface area (Å²) in [7, 11) is 0. The maximum absolute atomic E-state index is 10.1. The van der Waals surface area contributed by atoms with E-state index in [0.717, 1.165) is 38.5 Å². The van der Waals surface area contributed by atoms with E-state index in [9.17, 15) is 20.4 Å². The Bertz CT molecular complexity index is 2750. The van der Waals surface area contributed by atoms with E-state index in [1.165, 1.54) is 78.0 Å². The highest BCUT2D eigenvalue weighted by atomic mass is 16.3. The van der Waals surface area contributed by atoms with E-state index < -0.39 is 0 Å². The second-order valence-electron chi connectivity index (χ2n) is 27.5. The Morgan fingerprint density at radius 2 is 0.607 bits per heavy atom. The summed E-state index contributed by atoms with van der Waals surface area (Å²) in [5, 5.41) is 40.3. The van der Waals surface area contributed by atoms with E-state index in [-0.39, 0.29) is 46.1 Å². The molecule has 4 N–H and O–H groups in total. The van der Waals surface area contributed by atoms with E-state index in [1.54, 1.807) is 0 Å². The van der Waals surface area contributed by atoms with Crippen molar-refractivity contribution in [3.8, 4) is 0 Å². The molecule has 84 heavy (non-hydrogen) atoms. The van der Waals surface area contributed by atoms with Gasteiger partial charge >= 0.3 is 0 Å². The Hall–Kier alpha value is -5.88. The summed E-state index contributed by atoms with van der Waals surface area (Å²) in [5.74, 6) is 0.696. The standard InChI is InChI=1S/2C40H56O2/c2*1-29(17-13-19-31(3)21-23-37-33(5)25-35(41)27-39(37,7)8)15-11-12-16-30(2)18-14-20-32(4)22-24-38-34(6)26-36(42)28-40(38,9)10/h2*11-25,35-37,41-42H,26-28H2,1-10H3/b2*12-11+,17-13+,18-14+,23-21+,24-22+,29-15+,30-16+,31-19+,32-20+/t2*35-,36+,37-/m00/s1. The molecule has 4 rings (SSSR count). The molecule has 6 atom stereocenters. The van der Waals surface area contributed by atoms with Gasteiger partial charge in [0.1, 0.15) is 0 Å². The summed E-state index contributed by atoms with van der Waals surface area (Å²) >= 11 is 0. The lowest BCUT2D eigenvalue weighted by Crippen LogP contribution is -2.32. The van der Waals surface area contributed by atoms with E-state index in [2.05, 4.69) is 309 Å². The van der Waals surface area contributed by atoms with Crippen LogP contribution in [0.3, 0.4) is 0 Å². The van der Waals surface area contributed by atoms with Crippen molar-refractivity contribution in [1.29, 1.82) is 0 Å². The predicted molar refractivity (Wildman–Crippen MR) is 368 cm³/mol. The van der Waals surface area contributed by atoms with E-state index in [0.29, 0.717) is 11.8 Å². The van der Waals surface area contributed by atoms with Crippen LogP contribution in [-0.4, -0.2) is 44.8 Å². The summed E-state index contributed by atoms with van der Waals surface area (Å²) in [6, 6.07) is 0. The Morgan fingerprint density at radius 3 is 0.869 bits per heavy atom. The van der Waals surface area contributed by atoms with Crippen molar-refractivity contribution in [2.75, 3.05) is 0 Å². The summed E-state index contributed by atoms with van der Waals surface area (Å²) in [6.45, 7) is 43.2. The minimum Gasteiger partial charge on any atom is -0.393 e. The van der Waals surface area contributed by atoms with Crippen LogP contribution in [0.2, 0.25) is 0 Å². The first-order chi connectivity index (χ1) is 39.2. The van der Waals surface area contributed by atoms with Crippen LogP contribution in [-0.2, 0) is 0 Å². The molecule has 0 aromatic carbocycles. The number of allylic oxidation sites excluding steroid dienone is 40. The number of aliphatic hydroxyl groups is 4. The van der Waals surface area contributed by atoms with Crippen LogP contribution in [0.5, 0.6) is 0 Å². The van der Waals surface area contributed by atoms with Gasteiger partial charge in [-0.15, -0.1) is 0 Å². The molecule has 0 bridgehead atoms. The molecule has 0 radical (unpaired) electrons. The normalized spacial score (nSPS) is 26.6. The van der Waals surface area contributed by atoms with Gasteiger partial charge in [-0.05, 0) is 154 Å². The molecule has 0 aromatic rings. The average molecular weight is 1140 g/mol. The van der Waals surface area contributed by atoms with Gasteiger partial charge in [0.25, 0.3) is 0 Å². The summed E-state index contributed by atoms with van der Waals surface area (Å²) < 4.78 is 0. The van der Waals surface area contributed by atoms with Crippen molar-refractivity contribution in [2.45, 2.75) is 201 Å². The molecule has 0 fully saturated rings. The molecule has 0 amide bonds. The van der Waals surface area contributed by atoms with E-state index in [4.69, 9.17) is 0 Å². The topological polar surface area (TPSA) is 80.9 Å². The van der Waals surface area contributed by atoms with Gasteiger partial charge in [0.05, 0.1) is 24.4 Å². The fraction of sp³-hybridized carbons (Fsp3) is 0.450. The summed E-state index contributed by atoms with van der Waals surface area (Å²) in [6.07, 6.45) is 67.6. The van der Waals surface area contributed by atoms with Crippen LogP contribution < -0.4 is 0 Å². The molecule has 4 aliphatic rings. The Kier molecular flexibility index (Phi) is 29.6. The Balaban J connectivity index is 0.000000440. The quantitative estimate of drug-likeness (QED) is 0.0723. The van der Waals surface area contributed by atoms with Crippen LogP contribution >= 0.6 is 0 Å². The molecule has 0 aliphatic heterocycles. The molecule has 4 nitrogen and oxygen atoms in total. The van der Waals surface area contributed by atoms with E-state index in [1.807, 2.05) is 12.2 Å². The number of hydrogen-bond acceptors (Lipinski definition) is 4. The van der Waals surface area contributed by atoms with Gasteiger partial charge in [-0.25, -0.2) is 0 Å². The predicted octanol–water partition coefficient (Wildman–Crippen LogP) is 20.8. The Morgan fingerprint density at radius 1 is 0.357 bits per heavy atom. The van der Waals surface area contributed by atoms with Crippen LogP contribution in [0, 0.1) is 33.5 Å². The zero-order valence-corrected chi connectivity index (χ0v) is 55.8. The fourth-order valence-corrected chi connectivity index (χ4v) is 12.3. The lowest BCUT2D eigenvalue weighted by molar-refractivity contribution is 0.116. The zero-order valence-electron chi connectivity index (χ0n) is 55.8. The smallest absolute Gasteiger partial charge is 0.0729 e. The van der Waals surface area contributed by atoms with Gasteiger partial charge in [-0.3, -0.25) is 0 Å². The molecule has 0 saturated heterocycles. The van der Waals surface area contributed by atoms with Gasteiger partial charge in [0, 0.05) is 11.8 Å². The number of aliphatic hydroxyl groups excluding tert-OH is 4. The van der Waals surface area contributed by atoms with Gasteiger partial charge in [-0.1, -0.05) is 305 Å².